The van der Waals surface area contributed by atoms with Crippen LogP contribution in [0.2, 0.25) is 0 Å². The topological polar surface area (TPSA) is 46.5 Å². The molecule has 4 heteroatoms. The van der Waals surface area contributed by atoms with Crippen LogP contribution in [0.5, 0.6) is 0 Å². The molecule has 1 aromatic carbocycles. The van der Waals surface area contributed by atoms with E-state index < -0.39 is 17.9 Å². The Morgan fingerprint density at radius 2 is 2.13 bits per heavy atom. The van der Waals surface area contributed by atoms with Gasteiger partial charge in [-0.3, -0.25) is 0 Å². The molecule has 0 spiro atoms. The maximum Gasteiger partial charge on any atom is 0.337 e. The Bertz CT molecular complexity index is 378. The Morgan fingerprint density at radius 1 is 1.53 bits per heavy atom. The van der Waals surface area contributed by atoms with Crippen molar-refractivity contribution in [1.82, 2.24) is 0 Å². The van der Waals surface area contributed by atoms with Crippen LogP contribution in [-0.2, 0) is 9.53 Å². The summed E-state index contributed by atoms with van der Waals surface area (Å²) in [7, 11) is 0. The van der Waals surface area contributed by atoms with Crippen LogP contribution in [0.15, 0.2) is 24.3 Å². The van der Waals surface area contributed by atoms with E-state index >= 15 is 0 Å². The average molecular weight is 208 g/mol. The molecule has 78 valence electrons. The zero-order valence-corrected chi connectivity index (χ0v) is 7.81. The van der Waals surface area contributed by atoms with Crippen molar-refractivity contribution in [1.29, 1.82) is 0 Å². The van der Waals surface area contributed by atoms with Crippen LogP contribution in [0.1, 0.15) is 11.7 Å². The number of carboxylic acid groups (broad SMARTS) is 1. The Balaban J connectivity index is 2.85. The molecule has 0 aromatic heterocycles. The third kappa shape index (κ3) is 3.08. The third-order valence-electron chi connectivity index (χ3n) is 1.73. The van der Waals surface area contributed by atoms with Gasteiger partial charge in [0, 0.05) is 0 Å². The number of hydrogen-bond acceptors (Lipinski definition) is 2. The van der Waals surface area contributed by atoms with E-state index in [9.17, 15) is 9.18 Å². The van der Waals surface area contributed by atoms with Crippen molar-refractivity contribution < 1.29 is 19.0 Å². The lowest BCUT2D eigenvalue weighted by atomic mass is 10.1. The number of ether oxygens (including phenoxy) is 1. The summed E-state index contributed by atoms with van der Waals surface area (Å²) in [6.07, 6.45) is 3.80. The zero-order valence-electron chi connectivity index (χ0n) is 7.81. The molecule has 15 heavy (non-hydrogen) atoms. The summed E-state index contributed by atoms with van der Waals surface area (Å²) in [5, 5.41) is 8.84. The van der Waals surface area contributed by atoms with E-state index in [0.717, 1.165) is 0 Å². The van der Waals surface area contributed by atoms with Crippen molar-refractivity contribution in [2.24, 2.45) is 0 Å². The fraction of sp³-hybridized carbons (Fsp3) is 0.182. The molecule has 1 unspecified atom stereocenters. The summed E-state index contributed by atoms with van der Waals surface area (Å²) in [6, 6.07) is 5.05. The lowest BCUT2D eigenvalue weighted by molar-refractivity contribution is -0.149. The summed E-state index contributed by atoms with van der Waals surface area (Å²) in [5.41, 5.74) is 0.360. The van der Waals surface area contributed by atoms with Gasteiger partial charge in [0.2, 0.25) is 0 Å². The minimum atomic E-state index is -1.16. The molecule has 1 aromatic rings. The maximum atomic E-state index is 12.6. The molecule has 0 aliphatic carbocycles. The minimum Gasteiger partial charge on any atom is -0.479 e. The molecule has 0 aliphatic rings. The van der Waals surface area contributed by atoms with E-state index in [1.165, 1.54) is 24.3 Å². The minimum absolute atomic E-state index is 0.103. The van der Waals surface area contributed by atoms with Gasteiger partial charge in [-0.2, -0.15) is 0 Å². The normalized spacial score (nSPS) is 11.7. The number of rotatable bonds is 4. The summed E-state index contributed by atoms with van der Waals surface area (Å²) in [4.78, 5) is 10.8. The van der Waals surface area contributed by atoms with E-state index in [0.29, 0.717) is 5.56 Å². The van der Waals surface area contributed by atoms with Gasteiger partial charge in [-0.05, 0) is 17.7 Å². The van der Waals surface area contributed by atoms with E-state index in [4.69, 9.17) is 16.3 Å². The second-order valence-corrected chi connectivity index (χ2v) is 2.78. The Hall–Kier alpha value is -1.86. The van der Waals surface area contributed by atoms with Crippen molar-refractivity contribution in [3.05, 3.63) is 35.6 Å². The number of aliphatic carboxylic acids is 1. The second kappa shape index (κ2) is 5.13. The molecule has 0 aliphatic heterocycles. The molecule has 1 N–H and O–H groups in total. The SMILES string of the molecule is C#CCOC(C(=O)O)c1ccc(F)cc1. The first-order valence-electron chi connectivity index (χ1n) is 4.18. The fourth-order valence-electron chi connectivity index (χ4n) is 1.08. The van der Waals surface area contributed by atoms with Gasteiger partial charge in [-0.1, -0.05) is 18.1 Å². The first kappa shape index (κ1) is 11.2. The van der Waals surface area contributed by atoms with Gasteiger partial charge < -0.3 is 9.84 Å². The first-order chi connectivity index (χ1) is 7.15. The Kier molecular flexibility index (Phi) is 3.83. The van der Waals surface area contributed by atoms with Gasteiger partial charge >= 0.3 is 5.97 Å². The average Bonchev–Trinajstić information content (AvgIpc) is 2.21. The van der Waals surface area contributed by atoms with Crippen LogP contribution in [0.25, 0.3) is 0 Å². The summed E-state index contributed by atoms with van der Waals surface area (Å²) < 4.78 is 17.5. The van der Waals surface area contributed by atoms with E-state index in [1.807, 2.05) is 0 Å². The van der Waals surface area contributed by atoms with Crippen molar-refractivity contribution >= 4 is 5.97 Å². The zero-order chi connectivity index (χ0) is 11.3. The van der Waals surface area contributed by atoms with Crippen LogP contribution >= 0.6 is 0 Å². The first-order valence-corrected chi connectivity index (χ1v) is 4.18. The lowest BCUT2D eigenvalue weighted by Gasteiger charge is -2.11. The lowest BCUT2D eigenvalue weighted by Crippen LogP contribution is -2.15. The van der Waals surface area contributed by atoms with E-state index in [2.05, 4.69) is 5.92 Å². The Labute approximate surface area is 86.5 Å². The van der Waals surface area contributed by atoms with E-state index in [1.54, 1.807) is 0 Å². The van der Waals surface area contributed by atoms with Gasteiger partial charge in [0.25, 0.3) is 0 Å². The highest BCUT2D eigenvalue weighted by Gasteiger charge is 2.19. The number of carbonyl (C=O) groups is 1. The highest BCUT2D eigenvalue weighted by molar-refractivity contribution is 5.74. The monoisotopic (exact) mass is 208 g/mol. The second-order valence-electron chi connectivity index (χ2n) is 2.78. The largest absolute Gasteiger partial charge is 0.479 e. The molecule has 0 amide bonds. The molecule has 0 bridgehead atoms. The molecule has 1 rings (SSSR count). The maximum absolute atomic E-state index is 12.6. The highest BCUT2D eigenvalue weighted by atomic mass is 19.1. The van der Waals surface area contributed by atoms with Gasteiger partial charge in [0.1, 0.15) is 12.4 Å². The number of terminal acetylenes is 1. The summed E-state index contributed by atoms with van der Waals surface area (Å²) in [5.74, 6) is 0.588. The number of carboxylic acids is 1. The van der Waals surface area contributed by atoms with Gasteiger partial charge in [-0.25, -0.2) is 9.18 Å². The van der Waals surface area contributed by atoms with Gasteiger partial charge in [-0.15, -0.1) is 6.42 Å². The van der Waals surface area contributed by atoms with Crippen molar-refractivity contribution in [2.75, 3.05) is 6.61 Å². The van der Waals surface area contributed by atoms with Gasteiger partial charge in [0.05, 0.1) is 0 Å². The molecule has 0 radical (unpaired) electrons. The quantitative estimate of drug-likeness (QED) is 0.764. The van der Waals surface area contributed by atoms with Crippen LogP contribution < -0.4 is 0 Å². The van der Waals surface area contributed by atoms with Gasteiger partial charge in [0.15, 0.2) is 6.10 Å². The molecule has 0 heterocycles. The molecular formula is C11H9FO3. The predicted octanol–water partition coefficient (Wildman–Crippen LogP) is 1.60. The fourth-order valence-corrected chi connectivity index (χ4v) is 1.08. The number of halogens is 1. The summed E-state index contributed by atoms with van der Waals surface area (Å²) in [6.45, 7) is -0.103. The molecule has 0 saturated heterocycles. The molecule has 1 atom stereocenters. The molecular weight excluding hydrogens is 199 g/mol. The van der Waals surface area contributed by atoms with Crippen LogP contribution in [0.4, 0.5) is 4.39 Å². The molecule has 0 saturated carbocycles. The van der Waals surface area contributed by atoms with Crippen molar-refractivity contribution in [2.45, 2.75) is 6.10 Å². The van der Waals surface area contributed by atoms with E-state index in [-0.39, 0.29) is 6.61 Å². The standard InChI is InChI=1S/C11H9FO3/c1-2-7-15-10(11(13)14)8-3-5-9(12)6-4-8/h1,3-6,10H,7H2,(H,13,14). The smallest absolute Gasteiger partial charge is 0.337 e. The van der Waals surface area contributed by atoms with Crippen LogP contribution in [-0.4, -0.2) is 17.7 Å². The predicted molar refractivity (Wildman–Crippen MR) is 51.6 cm³/mol. The number of hydrogen-bond donors (Lipinski definition) is 1. The van der Waals surface area contributed by atoms with Crippen LogP contribution in [0.3, 0.4) is 0 Å². The number of benzene rings is 1. The van der Waals surface area contributed by atoms with Crippen molar-refractivity contribution in [3.8, 4) is 12.3 Å². The highest BCUT2D eigenvalue weighted by Crippen LogP contribution is 2.17. The van der Waals surface area contributed by atoms with Crippen molar-refractivity contribution in [3.63, 3.8) is 0 Å². The summed E-state index contributed by atoms with van der Waals surface area (Å²) >= 11 is 0. The third-order valence-corrected chi connectivity index (χ3v) is 1.73. The van der Waals surface area contributed by atoms with Crippen LogP contribution in [0, 0.1) is 18.2 Å². The Morgan fingerprint density at radius 3 is 2.60 bits per heavy atom. The molecule has 0 fully saturated rings. The molecule has 3 nitrogen and oxygen atoms in total.